The number of likely N-dealkylation sites (tertiary alicyclic amines) is 1. The first-order chi connectivity index (χ1) is 12.9. The van der Waals surface area contributed by atoms with Crippen LogP contribution in [0.5, 0.6) is 0 Å². The van der Waals surface area contributed by atoms with Gasteiger partial charge in [-0.2, -0.15) is 18.3 Å². The maximum Gasteiger partial charge on any atom is 0.401 e. The van der Waals surface area contributed by atoms with E-state index >= 15 is 0 Å². The summed E-state index contributed by atoms with van der Waals surface area (Å²) in [6.07, 6.45) is -0.400. The topological polar surface area (TPSA) is 70.4 Å². The summed E-state index contributed by atoms with van der Waals surface area (Å²) in [5, 5.41) is 10.5. The Labute approximate surface area is 155 Å². The third-order valence-electron chi connectivity index (χ3n) is 4.32. The molecule has 146 valence electrons. The molecular formula is C17H22F3N7. The average molecular weight is 381 g/mol. The number of aromatic nitrogens is 3. The molecule has 0 saturated carbocycles. The fourth-order valence-corrected chi connectivity index (χ4v) is 3.03. The zero-order chi connectivity index (χ0) is 19.3. The number of halogens is 3. The molecule has 3 rings (SSSR count). The van der Waals surface area contributed by atoms with Crippen molar-refractivity contribution < 1.29 is 13.2 Å². The van der Waals surface area contributed by atoms with E-state index in [1.165, 1.54) is 11.2 Å². The lowest BCUT2D eigenvalue weighted by atomic mass is 10.2. The van der Waals surface area contributed by atoms with E-state index in [1.54, 1.807) is 18.1 Å². The second-order valence-electron chi connectivity index (χ2n) is 6.41. The van der Waals surface area contributed by atoms with Crippen molar-refractivity contribution in [2.75, 3.05) is 26.7 Å². The normalized spacial score (nSPS) is 18.7. The first kappa shape index (κ1) is 19.2. The Kier molecular flexibility index (Phi) is 5.94. The highest BCUT2D eigenvalue weighted by Gasteiger charge is 2.34. The third-order valence-corrected chi connectivity index (χ3v) is 4.32. The van der Waals surface area contributed by atoms with Gasteiger partial charge in [0.2, 0.25) is 0 Å². The summed E-state index contributed by atoms with van der Waals surface area (Å²) in [7, 11) is 1.64. The van der Waals surface area contributed by atoms with E-state index in [1.807, 2.05) is 24.3 Å². The maximum absolute atomic E-state index is 12.5. The molecule has 7 nitrogen and oxygen atoms in total. The van der Waals surface area contributed by atoms with E-state index in [-0.39, 0.29) is 6.04 Å². The standard InChI is InChI=1S/C17H22F3N7/c1-21-16(25-14-6-7-26(9-14)10-17(18,19)20)23-8-13-2-4-15(5-3-13)27-12-22-11-24-27/h2-5,11-12,14H,6-10H2,1H3,(H2,21,23,25). The fourth-order valence-electron chi connectivity index (χ4n) is 3.03. The van der Waals surface area contributed by atoms with E-state index in [0.29, 0.717) is 32.0 Å². The van der Waals surface area contributed by atoms with Gasteiger partial charge in [0, 0.05) is 32.7 Å². The number of alkyl halides is 3. The molecule has 1 aromatic carbocycles. The molecule has 0 spiro atoms. The number of guanidine groups is 1. The molecule has 1 atom stereocenters. The molecule has 0 aliphatic carbocycles. The highest BCUT2D eigenvalue weighted by molar-refractivity contribution is 5.80. The van der Waals surface area contributed by atoms with E-state index in [2.05, 4.69) is 25.7 Å². The summed E-state index contributed by atoms with van der Waals surface area (Å²) in [4.78, 5) is 9.48. The van der Waals surface area contributed by atoms with Crippen molar-refractivity contribution in [2.24, 2.45) is 4.99 Å². The van der Waals surface area contributed by atoms with Gasteiger partial charge in [0.1, 0.15) is 12.7 Å². The zero-order valence-electron chi connectivity index (χ0n) is 14.9. The van der Waals surface area contributed by atoms with Crippen molar-refractivity contribution >= 4 is 5.96 Å². The number of benzene rings is 1. The van der Waals surface area contributed by atoms with Crippen molar-refractivity contribution in [3.8, 4) is 5.69 Å². The summed E-state index contributed by atoms with van der Waals surface area (Å²) < 4.78 is 39.1. The Morgan fingerprint density at radius 3 is 2.70 bits per heavy atom. The number of nitrogens with one attached hydrogen (secondary N) is 2. The summed E-state index contributed by atoms with van der Waals surface area (Å²) in [6, 6.07) is 7.77. The summed E-state index contributed by atoms with van der Waals surface area (Å²) in [5.41, 5.74) is 1.96. The Morgan fingerprint density at radius 2 is 2.07 bits per heavy atom. The molecule has 1 fully saturated rings. The van der Waals surface area contributed by atoms with Crippen molar-refractivity contribution in [3.05, 3.63) is 42.5 Å². The average Bonchev–Trinajstić information content (AvgIpc) is 3.30. The van der Waals surface area contributed by atoms with E-state index in [4.69, 9.17) is 0 Å². The molecule has 0 amide bonds. The van der Waals surface area contributed by atoms with Crippen LogP contribution in [-0.4, -0.2) is 64.5 Å². The second-order valence-corrected chi connectivity index (χ2v) is 6.41. The van der Waals surface area contributed by atoms with Crippen LogP contribution in [0.2, 0.25) is 0 Å². The van der Waals surface area contributed by atoms with Crippen molar-refractivity contribution in [2.45, 2.75) is 25.2 Å². The minimum absolute atomic E-state index is 0.0479. The molecule has 10 heteroatoms. The van der Waals surface area contributed by atoms with E-state index in [9.17, 15) is 13.2 Å². The molecule has 2 heterocycles. The van der Waals surface area contributed by atoms with Crippen LogP contribution >= 0.6 is 0 Å². The molecule has 0 bridgehead atoms. The predicted octanol–water partition coefficient (Wildman–Crippen LogP) is 1.57. The van der Waals surface area contributed by atoms with Crippen molar-refractivity contribution in [3.63, 3.8) is 0 Å². The Morgan fingerprint density at radius 1 is 1.30 bits per heavy atom. The van der Waals surface area contributed by atoms with Crippen LogP contribution in [0.4, 0.5) is 13.2 Å². The van der Waals surface area contributed by atoms with Crippen LogP contribution in [0.1, 0.15) is 12.0 Å². The third kappa shape index (κ3) is 5.68. The van der Waals surface area contributed by atoms with Gasteiger partial charge in [-0.25, -0.2) is 9.67 Å². The minimum atomic E-state index is -4.16. The number of hydrogen-bond donors (Lipinski definition) is 2. The van der Waals surface area contributed by atoms with Gasteiger partial charge in [0.15, 0.2) is 5.96 Å². The quantitative estimate of drug-likeness (QED) is 0.608. The molecule has 27 heavy (non-hydrogen) atoms. The van der Waals surface area contributed by atoms with Crippen LogP contribution in [0, 0.1) is 0 Å². The Hall–Kier alpha value is -2.62. The molecule has 0 radical (unpaired) electrons. The highest BCUT2D eigenvalue weighted by Crippen LogP contribution is 2.19. The minimum Gasteiger partial charge on any atom is -0.352 e. The molecule has 2 aromatic rings. The van der Waals surface area contributed by atoms with Crippen LogP contribution in [-0.2, 0) is 6.54 Å². The van der Waals surface area contributed by atoms with Crippen LogP contribution in [0.25, 0.3) is 5.69 Å². The molecule has 1 aliphatic heterocycles. The molecular weight excluding hydrogens is 359 g/mol. The Balaban J connectivity index is 1.47. The van der Waals surface area contributed by atoms with Gasteiger partial charge in [-0.15, -0.1) is 0 Å². The number of rotatable bonds is 5. The number of aliphatic imine (C=N–C) groups is 1. The van der Waals surface area contributed by atoms with Gasteiger partial charge >= 0.3 is 6.18 Å². The van der Waals surface area contributed by atoms with E-state index < -0.39 is 12.7 Å². The highest BCUT2D eigenvalue weighted by atomic mass is 19.4. The van der Waals surface area contributed by atoms with Crippen molar-refractivity contribution in [1.29, 1.82) is 0 Å². The molecule has 1 unspecified atom stereocenters. The summed E-state index contributed by atoms with van der Waals surface area (Å²) in [6.45, 7) is 0.469. The van der Waals surface area contributed by atoms with Crippen LogP contribution < -0.4 is 10.6 Å². The van der Waals surface area contributed by atoms with Gasteiger partial charge in [-0.05, 0) is 24.1 Å². The number of hydrogen-bond acceptors (Lipinski definition) is 4. The molecule has 2 N–H and O–H groups in total. The van der Waals surface area contributed by atoms with Gasteiger partial charge in [0.05, 0.1) is 12.2 Å². The smallest absolute Gasteiger partial charge is 0.352 e. The monoisotopic (exact) mass is 381 g/mol. The first-order valence-electron chi connectivity index (χ1n) is 8.63. The van der Waals surface area contributed by atoms with Crippen molar-refractivity contribution in [1.82, 2.24) is 30.3 Å². The Bertz CT molecular complexity index is 741. The van der Waals surface area contributed by atoms with Gasteiger partial charge < -0.3 is 10.6 Å². The van der Waals surface area contributed by atoms with Gasteiger partial charge in [-0.3, -0.25) is 9.89 Å². The lowest BCUT2D eigenvalue weighted by molar-refractivity contribution is -0.143. The maximum atomic E-state index is 12.5. The summed E-state index contributed by atoms with van der Waals surface area (Å²) in [5.74, 6) is 0.578. The summed E-state index contributed by atoms with van der Waals surface area (Å²) >= 11 is 0. The lowest BCUT2D eigenvalue weighted by Gasteiger charge is -2.19. The van der Waals surface area contributed by atoms with Gasteiger partial charge in [-0.1, -0.05) is 12.1 Å². The molecule has 1 saturated heterocycles. The number of nitrogens with zero attached hydrogens (tertiary/aromatic N) is 5. The van der Waals surface area contributed by atoms with Crippen LogP contribution in [0.15, 0.2) is 41.9 Å². The first-order valence-corrected chi connectivity index (χ1v) is 8.63. The van der Waals surface area contributed by atoms with E-state index in [0.717, 1.165) is 11.3 Å². The van der Waals surface area contributed by atoms with Crippen LogP contribution in [0.3, 0.4) is 0 Å². The predicted molar refractivity (Wildman–Crippen MR) is 95.6 cm³/mol. The SMILES string of the molecule is CN=C(NCc1ccc(-n2cncn2)cc1)NC1CCN(CC(F)(F)F)C1. The molecule has 1 aliphatic rings. The van der Waals surface area contributed by atoms with Gasteiger partial charge in [0.25, 0.3) is 0 Å². The fraction of sp³-hybridized carbons (Fsp3) is 0.471. The molecule has 1 aromatic heterocycles. The second kappa shape index (κ2) is 8.38. The zero-order valence-corrected chi connectivity index (χ0v) is 14.9. The lowest BCUT2D eigenvalue weighted by Crippen LogP contribution is -2.44. The largest absolute Gasteiger partial charge is 0.401 e.